The molecule has 0 aromatic rings. The summed E-state index contributed by atoms with van der Waals surface area (Å²) in [5, 5.41) is 3.77. The molecule has 2 atom stereocenters. The Balaban J connectivity index is 1.84. The van der Waals surface area contributed by atoms with E-state index in [2.05, 4.69) is 45.0 Å². The highest BCUT2D eigenvalue weighted by atomic mass is 15.1. The van der Waals surface area contributed by atoms with E-state index in [1.807, 2.05) is 0 Å². The first kappa shape index (κ1) is 17.3. The van der Waals surface area contributed by atoms with Gasteiger partial charge in [0.05, 0.1) is 0 Å². The summed E-state index contributed by atoms with van der Waals surface area (Å²) in [5.74, 6) is 3.67. The van der Waals surface area contributed by atoms with Crippen LogP contribution in [-0.2, 0) is 0 Å². The van der Waals surface area contributed by atoms with Crippen LogP contribution in [0.15, 0.2) is 0 Å². The van der Waals surface area contributed by atoms with Crippen LogP contribution >= 0.6 is 0 Å². The van der Waals surface area contributed by atoms with E-state index in [0.29, 0.717) is 5.41 Å². The normalized spacial score (nSPS) is 36.4. The molecule has 0 aromatic heterocycles. The third-order valence-corrected chi connectivity index (χ3v) is 5.82. The molecule has 2 nitrogen and oxygen atoms in total. The fraction of sp³-hybridized carbons (Fsp3) is 1.00. The second kappa shape index (κ2) is 7.46. The predicted molar refractivity (Wildman–Crippen MR) is 92.5 cm³/mol. The maximum atomic E-state index is 3.77. The molecular formula is C19H38N2. The van der Waals surface area contributed by atoms with Crippen molar-refractivity contribution >= 4 is 0 Å². The molecule has 124 valence electrons. The van der Waals surface area contributed by atoms with Gasteiger partial charge in [-0.2, -0.15) is 0 Å². The van der Waals surface area contributed by atoms with Gasteiger partial charge < -0.3 is 10.2 Å². The fourth-order valence-electron chi connectivity index (χ4n) is 4.08. The summed E-state index contributed by atoms with van der Waals surface area (Å²) in [7, 11) is 2.35. The zero-order valence-corrected chi connectivity index (χ0v) is 15.1. The lowest BCUT2D eigenvalue weighted by Crippen LogP contribution is -2.46. The van der Waals surface area contributed by atoms with Gasteiger partial charge in [-0.25, -0.2) is 0 Å². The largest absolute Gasteiger partial charge is 0.316 e. The molecule has 0 aromatic carbocycles. The van der Waals surface area contributed by atoms with Gasteiger partial charge in [0.2, 0.25) is 0 Å². The number of hydrogen-bond acceptors (Lipinski definition) is 2. The van der Waals surface area contributed by atoms with Gasteiger partial charge in [0.15, 0.2) is 0 Å². The van der Waals surface area contributed by atoms with Gasteiger partial charge in [-0.15, -0.1) is 0 Å². The van der Waals surface area contributed by atoms with Crippen molar-refractivity contribution in [3.05, 3.63) is 0 Å². The number of rotatable bonds is 8. The Hall–Kier alpha value is -0.0800. The molecule has 0 aliphatic heterocycles. The third kappa shape index (κ3) is 5.56. The number of nitrogens with one attached hydrogen (secondary N) is 1. The van der Waals surface area contributed by atoms with E-state index in [1.54, 1.807) is 0 Å². The smallest absolute Gasteiger partial charge is 0.00472 e. The monoisotopic (exact) mass is 294 g/mol. The Labute approximate surface area is 133 Å². The zero-order chi connectivity index (χ0) is 15.5. The average Bonchev–Trinajstić information content (AvgIpc) is 3.08. The van der Waals surface area contributed by atoms with Crippen molar-refractivity contribution in [1.82, 2.24) is 10.2 Å². The topological polar surface area (TPSA) is 15.3 Å². The van der Waals surface area contributed by atoms with Crippen LogP contribution in [0.5, 0.6) is 0 Å². The van der Waals surface area contributed by atoms with E-state index in [9.17, 15) is 0 Å². The Kier molecular flexibility index (Phi) is 6.14. The van der Waals surface area contributed by atoms with Crippen molar-refractivity contribution in [2.75, 3.05) is 33.2 Å². The highest BCUT2D eigenvalue weighted by molar-refractivity contribution is 4.91. The molecule has 2 aliphatic carbocycles. The molecule has 21 heavy (non-hydrogen) atoms. The molecule has 2 fully saturated rings. The molecule has 0 amide bonds. The van der Waals surface area contributed by atoms with E-state index >= 15 is 0 Å². The van der Waals surface area contributed by atoms with Crippen molar-refractivity contribution < 1.29 is 0 Å². The van der Waals surface area contributed by atoms with E-state index in [4.69, 9.17) is 0 Å². The van der Waals surface area contributed by atoms with E-state index in [0.717, 1.165) is 23.7 Å². The van der Waals surface area contributed by atoms with Crippen LogP contribution in [0.2, 0.25) is 0 Å². The predicted octanol–water partition coefficient (Wildman–Crippen LogP) is 4.02. The second-order valence-electron chi connectivity index (χ2n) is 8.88. The van der Waals surface area contributed by atoms with E-state index in [-0.39, 0.29) is 0 Å². The molecule has 2 rings (SSSR count). The van der Waals surface area contributed by atoms with Crippen LogP contribution in [0.4, 0.5) is 0 Å². The van der Waals surface area contributed by atoms with Gasteiger partial charge in [0.1, 0.15) is 0 Å². The summed E-state index contributed by atoms with van der Waals surface area (Å²) < 4.78 is 0. The SMILES string of the molecule is CC(C)CNCC1(CN(C)CC2CC2C)CCC(C)CC1. The van der Waals surface area contributed by atoms with E-state index in [1.165, 1.54) is 58.3 Å². The van der Waals surface area contributed by atoms with Gasteiger partial charge in [0, 0.05) is 19.6 Å². The zero-order valence-electron chi connectivity index (χ0n) is 15.1. The number of hydrogen-bond donors (Lipinski definition) is 1. The van der Waals surface area contributed by atoms with Gasteiger partial charge in [-0.05, 0) is 61.9 Å². The first-order chi connectivity index (χ1) is 9.90. The molecule has 0 radical (unpaired) electrons. The van der Waals surface area contributed by atoms with Gasteiger partial charge in [0.25, 0.3) is 0 Å². The summed E-state index contributed by atoms with van der Waals surface area (Å²) in [6, 6.07) is 0. The molecule has 0 spiro atoms. The molecule has 2 saturated carbocycles. The lowest BCUT2D eigenvalue weighted by Gasteiger charge is -2.42. The minimum Gasteiger partial charge on any atom is -0.316 e. The summed E-state index contributed by atoms with van der Waals surface area (Å²) in [6.07, 6.45) is 7.15. The highest BCUT2D eigenvalue weighted by Gasteiger charge is 2.38. The average molecular weight is 295 g/mol. The van der Waals surface area contributed by atoms with Crippen molar-refractivity contribution in [2.24, 2.45) is 29.1 Å². The van der Waals surface area contributed by atoms with Gasteiger partial charge in [-0.1, -0.05) is 40.5 Å². The Morgan fingerprint density at radius 2 is 1.81 bits per heavy atom. The molecule has 0 saturated heterocycles. The molecule has 0 bridgehead atoms. The summed E-state index contributed by atoms with van der Waals surface area (Å²) in [4.78, 5) is 2.64. The number of nitrogens with zero attached hydrogens (tertiary/aromatic N) is 1. The molecule has 2 unspecified atom stereocenters. The lowest BCUT2D eigenvalue weighted by atomic mass is 9.70. The summed E-state index contributed by atoms with van der Waals surface area (Å²) in [5.41, 5.74) is 0.536. The lowest BCUT2D eigenvalue weighted by molar-refractivity contribution is 0.0955. The molecule has 2 aliphatic rings. The minimum absolute atomic E-state index is 0.536. The first-order valence-electron chi connectivity index (χ1n) is 9.29. The quantitative estimate of drug-likeness (QED) is 0.727. The molecular weight excluding hydrogens is 256 g/mol. The Morgan fingerprint density at radius 3 is 2.33 bits per heavy atom. The van der Waals surface area contributed by atoms with E-state index < -0.39 is 0 Å². The van der Waals surface area contributed by atoms with Crippen LogP contribution in [0.3, 0.4) is 0 Å². The van der Waals surface area contributed by atoms with Crippen LogP contribution in [-0.4, -0.2) is 38.1 Å². The second-order valence-corrected chi connectivity index (χ2v) is 8.88. The van der Waals surface area contributed by atoms with Crippen molar-refractivity contribution in [1.29, 1.82) is 0 Å². The molecule has 2 heteroatoms. The van der Waals surface area contributed by atoms with Crippen LogP contribution in [0, 0.1) is 29.1 Å². The summed E-state index contributed by atoms with van der Waals surface area (Å²) >= 11 is 0. The molecule has 0 heterocycles. The van der Waals surface area contributed by atoms with Crippen LogP contribution < -0.4 is 5.32 Å². The van der Waals surface area contributed by atoms with Gasteiger partial charge >= 0.3 is 0 Å². The van der Waals surface area contributed by atoms with Crippen LogP contribution in [0.1, 0.15) is 59.8 Å². The first-order valence-corrected chi connectivity index (χ1v) is 9.29. The van der Waals surface area contributed by atoms with Crippen LogP contribution in [0.25, 0.3) is 0 Å². The van der Waals surface area contributed by atoms with Crippen molar-refractivity contribution in [3.63, 3.8) is 0 Å². The maximum absolute atomic E-state index is 3.77. The third-order valence-electron chi connectivity index (χ3n) is 5.82. The molecule has 1 N–H and O–H groups in total. The fourth-order valence-corrected chi connectivity index (χ4v) is 4.08. The highest BCUT2D eigenvalue weighted by Crippen LogP contribution is 2.41. The van der Waals surface area contributed by atoms with Gasteiger partial charge in [-0.3, -0.25) is 0 Å². The minimum atomic E-state index is 0.536. The summed E-state index contributed by atoms with van der Waals surface area (Å²) in [6.45, 7) is 14.5. The maximum Gasteiger partial charge on any atom is 0.00472 e. The Morgan fingerprint density at radius 1 is 1.19 bits per heavy atom. The van der Waals surface area contributed by atoms with Crippen molar-refractivity contribution in [2.45, 2.75) is 59.8 Å². The van der Waals surface area contributed by atoms with Crippen molar-refractivity contribution in [3.8, 4) is 0 Å². The standard InChI is InChI=1S/C19H38N2/c1-15(2)11-20-13-19(8-6-16(3)7-9-19)14-21(5)12-18-10-17(18)4/h15-18,20H,6-14H2,1-5H3. The Bertz CT molecular complexity index is 305.